The van der Waals surface area contributed by atoms with Crippen LogP contribution >= 0.6 is 0 Å². The van der Waals surface area contributed by atoms with Gasteiger partial charge in [0.25, 0.3) is 0 Å². The summed E-state index contributed by atoms with van der Waals surface area (Å²) in [6.07, 6.45) is 3.38. The second kappa shape index (κ2) is 5.35. The number of piperidine rings is 1. The molecule has 14 heavy (non-hydrogen) atoms. The Balaban J connectivity index is 2.32. The summed E-state index contributed by atoms with van der Waals surface area (Å²) < 4.78 is 0. The molecule has 0 unspecified atom stereocenters. The largest absolute Gasteiger partial charge is 0.342 e. The van der Waals surface area contributed by atoms with E-state index in [0.717, 1.165) is 44.8 Å². The van der Waals surface area contributed by atoms with Crippen molar-refractivity contribution in [1.29, 1.82) is 0 Å². The molecule has 0 radical (unpaired) electrons. The number of hydrogen-bond acceptors (Lipinski definition) is 2. The van der Waals surface area contributed by atoms with Gasteiger partial charge in [0.05, 0.1) is 0 Å². The molecule has 3 nitrogen and oxygen atoms in total. The third-order valence-electron chi connectivity index (χ3n) is 3.00. The van der Waals surface area contributed by atoms with Crippen LogP contribution in [0.3, 0.4) is 0 Å². The summed E-state index contributed by atoms with van der Waals surface area (Å²) in [5.74, 6) is 1.19. The molecule has 82 valence electrons. The molecule has 1 rings (SSSR count). The minimum atomic E-state index is 0.140. The lowest BCUT2D eigenvalue weighted by Gasteiger charge is -2.32. The van der Waals surface area contributed by atoms with Crippen LogP contribution in [-0.4, -0.2) is 30.4 Å². The lowest BCUT2D eigenvalue weighted by Crippen LogP contribution is -2.40. The van der Waals surface area contributed by atoms with Crippen LogP contribution in [0.1, 0.15) is 33.1 Å². The van der Waals surface area contributed by atoms with E-state index in [2.05, 4.69) is 0 Å². The molecule has 0 bridgehead atoms. The summed E-state index contributed by atoms with van der Waals surface area (Å²) in [4.78, 5) is 13.7. The molecule has 3 heteroatoms. The molecule has 0 aliphatic carbocycles. The Bertz CT molecular complexity index is 184. The molecule has 1 saturated heterocycles. The minimum absolute atomic E-state index is 0.140. The van der Waals surface area contributed by atoms with Gasteiger partial charge >= 0.3 is 0 Å². The predicted octanol–water partition coefficient (Wildman–Crippen LogP) is 1.23. The quantitative estimate of drug-likeness (QED) is 0.741. The van der Waals surface area contributed by atoms with Gasteiger partial charge in [-0.2, -0.15) is 0 Å². The van der Waals surface area contributed by atoms with Gasteiger partial charge in [-0.25, -0.2) is 0 Å². The lowest BCUT2D eigenvalue weighted by molar-refractivity contribution is -0.135. The number of carbonyl (C=O) groups is 1. The van der Waals surface area contributed by atoms with E-state index in [1.807, 2.05) is 18.7 Å². The van der Waals surface area contributed by atoms with Crippen LogP contribution in [0.25, 0.3) is 0 Å². The van der Waals surface area contributed by atoms with Crippen LogP contribution in [0, 0.1) is 11.8 Å². The Morgan fingerprint density at radius 2 is 2.00 bits per heavy atom. The average molecular weight is 198 g/mol. The number of likely N-dealkylation sites (tertiary alicyclic amines) is 1. The van der Waals surface area contributed by atoms with Gasteiger partial charge in [0.1, 0.15) is 0 Å². The van der Waals surface area contributed by atoms with Crippen LogP contribution < -0.4 is 5.73 Å². The maximum absolute atomic E-state index is 11.7. The smallest absolute Gasteiger partial charge is 0.225 e. The fourth-order valence-corrected chi connectivity index (χ4v) is 2.04. The molecule has 0 aromatic carbocycles. The normalized spacial score (nSPS) is 19.0. The number of nitrogens with two attached hydrogens (primary N) is 1. The molecule has 2 N–H and O–H groups in total. The van der Waals surface area contributed by atoms with E-state index < -0.39 is 0 Å². The molecular weight excluding hydrogens is 176 g/mol. The Kier molecular flexibility index (Phi) is 4.39. The first-order valence-corrected chi connectivity index (χ1v) is 5.64. The average Bonchev–Trinajstić information content (AvgIpc) is 2.18. The Morgan fingerprint density at radius 1 is 1.43 bits per heavy atom. The summed E-state index contributed by atoms with van der Waals surface area (Å²) in [6, 6.07) is 0. The highest BCUT2D eigenvalue weighted by Crippen LogP contribution is 2.20. The topological polar surface area (TPSA) is 46.3 Å². The van der Waals surface area contributed by atoms with Crippen molar-refractivity contribution in [3.05, 3.63) is 0 Å². The number of carbonyl (C=O) groups excluding carboxylic acids is 1. The second-order valence-electron chi connectivity index (χ2n) is 4.50. The van der Waals surface area contributed by atoms with Crippen molar-refractivity contribution in [2.75, 3.05) is 19.6 Å². The van der Waals surface area contributed by atoms with Crippen molar-refractivity contribution in [2.45, 2.75) is 33.1 Å². The highest BCUT2D eigenvalue weighted by Gasteiger charge is 2.23. The molecule has 1 amide bonds. The van der Waals surface area contributed by atoms with E-state index in [1.54, 1.807) is 0 Å². The minimum Gasteiger partial charge on any atom is -0.342 e. The van der Waals surface area contributed by atoms with Crippen molar-refractivity contribution in [2.24, 2.45) is 17.6 Å². The number of hydrogen-bond donors (Lipinski definition) is 1. The summed E-state index contributed by atoms with van der Waals surface area (Å²) in [6.45, 7) is 6.58. The lowest BCUT2D eigenvalue weighted by atomic mass is 9.93. The second-order valence-corrected chi connectivity index (χ2v) is 4.50. The first kappa shape index (κ1) is 11.5. The summed E-state index contributed by atoms with van der Waals surface area (Å²) in [5.41, 5.74) is 5.52. The zero-order chi connectivity index (χ0) is 10.6. The fraction of sp³-hybridized carbons (Fsp3) is 0.909. The van der Waals surface area contributed by atoms with Gasteiger partial charge in [-0.1, -0.05) is 13.8 Å². The van der Waals surface area contributed by atoms with Gasteiger partial charge < -0.3 is 10.6 Å². The Labute approximate surface area is 86.6 Å². The standard InChI is InChI=1S/C11H22N2O/c1-9(2)11(14)13-7-4-10(3-6-12)5-8-13/h9-10H,3-8,12H2,1-2H3. The first-order valence-electron chi connectivity index (χ1n) is 5.64. The SMILES string of the molecule is CC(C)C(=O)N1CCC(CCN)CC1. The fourth-order valence-electron chi connectivity index (χ4n) is 2.04. The third kappa shape index (κ3) is 2.98. The number of amides is 1. The molecule has 0 aromatic heterocycles. The number of rotatable bonds is 3. The number of nitrogens with zero attached hydrogens (tertiary/aromatic N) is 1. The zero-order valence-electron chi connectivity index (χ0n) is 9.33. The van der Waals surface area contributed by atoms with Gasteiger partial charge in [-0.15, -0.1) is 0 Å². The summed E-state index contributed by atoms with van der Waals surface area (Å²) in [5, 5.41) is 0. The molecule has 1 aliphatic rings. The molecule has 0 saturated carbocycles. The van der Waals surface area contributed by atoms with Crippen LogP contribution in [0.2, 0.25) is 0 Å². The van der Waals surface area contributed by atoms with E-state index in [0.29, 0.717) is 5.91 Å². The van der Waals surface area contributed by atoms with Gasteiger partial charge in [0, 0.05) is 19.0 Å². The maximum atomic E-state index is 11.7. The van der Waals surface area contributed by atoms with Crippen LogP contribution in [0.5, 0.6) is 0 Å². The summed E-state index contributed by atoms with van der Waals surface area (Å²) in [7, 11) is 0. The molecular formula is C11H22N2O. The van der Waals surface area contributed by atoms with Crippen LogP contribution in [0.15, 0.2) is 0 Å². The molecule has 1 heterocycles. The summed E-state index contributed by atoms with van der Waals surface area (Å²) >= 11 is 0. The van der Waals surface area contributed by atoms with Crippen molar-refractivity contribution in [3.8, 4) is 0 Å². The molecule has 1 aliphatic heterocycles. The van der Waals surface area contributed by atoms with E-state index in [-0.39, 0.29) is 5.92 Å². The van der Waals surface area contributed by atoms with Crippen LogP contribution in [0.4, 0.5) is 0 Å². The Hall–Kier alpha value is -0.570. The molecule has 1 fully saturated rings. The van der Waals surface area contributed by atoms with Gasteiger partial charge in [0.2, 0.25) is 5.91 Å². The van der Waals surface area contributed by atoms with Gasteiger partial charge in [-0.3, -0.25) is 4.79 Å². The maximum Gasteiger partial charge on any atom is 0.225 e. The monoisotopic (exact) mass is 198 g/mol. The molecule has 0 spiro atoms. The van der Waals surface area contributed by atoms with Crippen LogP contribution in [-0.2, 0) is 4.79 Å². The van der Waals surface area contributed by atoms with Crippen molar-refractivity contribution in [1.82, 2.24) is 4.90 Å². The third-order valence-corrected chi connectivity index (χ3v) is 3.00. The van der Waals surface area contributed by atoms with Crippen molar-refractivity contribution < 1.29 is 4.79 Å². The molecule has 0 aromatic rings. The van der Waals surface area contributed by atoms with E-state index >= 15 is 0 Å². The van der Waals surface area contributed by atoms with E-state index in [4.69, 9.17) is 5.73 Å². The predicted molar refractivity (Wildman–Crippen MR) is 57.8 cm³/mol. The Morgan fingerprint density at radius 3 is 2.43 bits per heavy atom. The highest BCUT2D eigenvalue weighted by molar-refractivity contribution is 5.78. The van der Waals surface area contributed by atoms with Gasteiger partial charge in [-0.05, 0) is 31.7 Å². The van der Waals surface area contributed by atoms with E-state index in [1.165, 1.54) is 0 Å². The first-order chi connectivity index (χ1) is 6.65. The zero-order valence-corrected chi connectivity index (χ0v) is 9.33. The molecule has 0 atom stereocenters. The van der Waals surface area contributed by atoms with Crippen molar-refractivity contribution >= 4 is 5.91 Å². The van der Waals surface area contributed by atoms with E-state index in [9.17, 15) is 4.79 Å². The van der Waals surface area contributed by atoms with Gasteiger partial charge in [0.15, 0.2) is 0 Å². The van der Waals surface area contributed by atoms with Crippen molar-refractivity contribution in [3.63, 3.8) is 0 Å². The highest BCUT2D eigenvalue weighted by atomic mass is 16.2.